The lowest BCUT2D eigenvalue weighted by molar-refractivity contribution is 0.269. The molecule has 16 heavy (non-hydrogen) atoms. The molecule has 0 saturated carbocycles. The molecule has 90 valence electrons. The lowest BCUT2D eigenvalue weighted by Crippen LogP contribution is -2.18. The molecule has 1 unspecified atom stereocenters. The van der Waals surface area contributed by atoms with Crippen LogP contribution >= 0.6 is 8.15 Å². The zero-order chi connectivity index (χ0) is 12.2. The molecule has 0 bridgehead atoms. The summed E-state index contributed by atoms with van der Waals surface area (Å²) >= 11 is 0. The van der Waals surface area contributed by atoms with Crippen molar-refractivity contribution in [2.24, 2.45) is 5.41 Å². The molecule has 0 aromatic heterocycles. The highest BCUT2D eigenvalue weighted by molar-refractivity contribution is 7.60. The van der Waals surface area contributed by atoms with Gasteiger partial charge in [0.25, 0.3) is 0 Å². The first-order valence-electron chi connectivity index (χ1n) is 5.88. The van der Waals surface area contributed by atoms with Crippen molar-refractivity contribution in [3.8, 4) is 0 Å². The number of hydrogen-bond donors (Lipinski definition) is 0. The minimum Gasteiger partial charge on any atom is -0.352 e. The lowest BCUT2D eigenvalue weighted by atomic mass is 10.0. The van der Waals surface area contributed by atoms with Gasteiger partial charge in [0.1, 0.15) is 0 Å². The van der Waals surface area contributed by atoms with Gasteiger partial charge in [-0.15, -0.1) is 0 Å². The fourth-order valence-electron chi connectivity index (χ4n) is 1.47. The quantitative estimate of drug-likeness (QED) is 0.715. The van der Waals surface area contributed by atoms with Crippen LogP contribution in [-0.4, -0.2) is 12.3 Å². The van der Waals surface area contributed by atoms with Crippen molar-refractivity contribution in [2.45, 2.75) is 40.7 Å². The molecule has 0 aliphatic carbocycles. The number of hydrogen-bond acceptors (Lipinski definition) is 1. The molecule has 0 amide bonds. The van der Waals surface area contributed by atoms with Gasteiger partial charge in [-0.2, -0.15) is 0 Å². The first-order valence-corrected chi connectivity index (χ1v) is 7.32. The lowest BCUT2D eigenvalue weighted by Gasteiger charge is -2.27. The molecule has 1 rings (SSSR count). The van der Waals surface area contributed by atoms with Crippen LogP contribution in [0.5, 0.6) is 0 Å². The molecule has 0 N–H and O–H groups in total. The summed E-state index contributed by atoms with van der Waals surface area (Å²) in [6, 6.07) is 10.6. The highest BCUT2D eigenvalue weighted by Crippen LogP contribution is 2.42. The van der Waals surface area contributed by atoms with Gasteiger partial charge in [0, 0.05) is 11.5 Å². The molecule has 0 heterocycles. The number of rotatable bonds is 4. The molecular weight excluding hydrogens is 215 g/mol. The van der Waals surface area contributed by atoms with Gasteiger partial charge in [-0.3, -0.25) is 0 Å². The van der Waals surface area contributed by atoms with Gasteiger partial charge in [-0.05, 0) is 19.3 Å². The zero-order valence-corrected chi connectivity index (χ0v) is 11.9. The molecule has 0 fully saturated rings. The Hall–Kier alpha value is -0.390. The third-order valence-electron chi connectivity index (χ3n) is 2.00. The Bertz CT molecular complexity index is 300. The summed E-state index contributed by atoms with van der Waals surface area (Å²) in [7, 11) is -0.483. The number of benzene rings is 1. The van der Waals surface area contributed by atoms with Crippen LogP contribution in [0.3, 0.4) is 0 Å². The molecule has 0 aliphatic rings. The van der Waals surface area contributed by atoms with Crippen molar-refractivity contribution in [1.29, 1.82) is 0 Å². The third-order valence-corrected chi connectivity index (χ3v) is 4.79. The second kappa shape index (κ2) is 5.80. The summed E-state index contributed by atoms with van der Waals surface area (Å²) in [6.45, 7) is 11.0. The van der Waals surface area contributed by atoms with E-state index in [9.17, 15) is 0 Å². The maximum absolute atomic E-state index is 6.08. The van der Waals surface area contributed by atoms with Crippen LogP contribution in [0.4, 0.5) is 0 Å². The van der Waals surface area contributed by atoms with Crippen LogP contribution in [0.15, 0.2) is 30.3 Å². The first-order chi connectivity index (χ1) is 7.38. The summed E-state index contributed by atoms with van der Waals surface area (Å²) in [5, 5.41) is 1.35. The Balaban J connectivity index is 2.80. The van der Waals surface area contributed by atoms with E-state index >= 15 is 0 Å². The summed E-state index contributed by atoms with van der Waals surface area (Å²) < 4.78 is 6.08. The largest absolute Gasteiger partial charge is 0.352 e. The van der Waals surface area contributed by atoms with Gasteiger partial charge in [-0.1, -0.05) is 51.1 Å². The molecule has 1 aromatic carbocycles. The van der Waals surface area contributed by atoms with Crippen molar-refractivity contribution in [3.05, 3.63) is 30.3 Å². The Labute approximate surface area is 101 Å². The molecule has 1 nitrogen and oxygen atoms in total. The molecule has 2 heteroatoms. The van der Waals surface area contributed by atoms with Gasteiger partial charge < -0.3 is 4.52 Å². The van der Waals surface area contributed by atoms with Crippen LogP contribution in [0.25, 0.3) is 0 Å². The Morgan fingerprint density at radius 1 is 1.12 bits per heavy atom. The van der Waals surface area contributed by atoms with Gasteiger partial charge in [0.05, 0.1) is 14.3 Å². The van der Waals surface area contributed by atoms with E-state index < -0.39 is 8.15 Å². The van der Waals surface area contributed by atoms with E-state index in [-0.39, 0.29) is 0 Å². The fraction of sp³-hybridized carbons (Fsp3) is 0.571. The summed E-state index contributed by atoms with van der Waals surface area (Å²) in [4.78, 5) is 0. The Morgan fingerprint density at radius 2 is 1.69 bits per heavy atom. The van der Waals surface area contributed by atoms with Gasteiger partial charge in [0.2, 0.25) is 0 Å². The van der Waals surface area contributed by atoms with E-state index in [0.29, 0.717) is 11.5 Å². The zero-order valence-electron chi connectivity index (χ0n) is 11.0. The molecule has 1 atom stereocenters. The van der Waals surface area contributed by atoms with E-state index in [1.54, 1.807) is 0 Å². The van der Waals surface area contributed by atoms with E-state index in [0.717, 1.165) is 6.16 Å². The second-order valence-electron chi connectivity index (χ2n) is 5.59. The molecule has 0 spiro atoms. The Kier molecular flexibility index (Phi) is 4.95. The average molecular weight is 238 g/mol. The standard InChI is InChI=1S/C14H23OP/c1-12(2)15-16(11-14(3,4)5)13-9-7-6-8-10-13/h6-10,12H,11H2,1-5H3. The summed E-state index contributed by atoms with van der Waals surface area (Å²) in [5.41, 5.74) is 0.316. The SMILES string of the molecule is CC(C)OP(CC(C)(C)C)c1ccccc1. The van der Waals surface area contributed by atoms with E-state index in [4.69, 9.17) is 4.52 Å². The van der Waals surface area contributed by atoms with Crippen molar-refractivity contribution in [1.82, 2.24) is 0 Å². The summed E-state index contributed by atoms with van der Waals surface area (Å²) in [6.07, 6.45) is 1.42. The smallest absolute Gasteiger partial charge is 0.0612 e. The minimum absolute atomic E-state index is 0.300. The predicted octanol–water partition coefficient (Wildman–Crippen LogP) is 4.18. The van der Waals surface area contributed by atoms with Gasteiger partial charge in [-0.25, -0.2) is 0 Å². The molecule has 0 aliphatic heterocycles. The van der Waals surface area contributed by atoms with Crippen LogP contribution in [0, 0.1) is 5.41 Å². The maximum Gasteiger partial charge on any atom is 0.0612 e. The van der Waals surface area contributed by atoms with Crippen LogP contribution in [0.1, 0.15) is 34.6 Å². The maximum atomic E-state index is 6.08. The van der Waals surface area contributed by atoms with Crippen molar-refractivity contribution >= 4 is 13.5 Å². The summed E-state index contributed by atoms with van der Waals surface area (Å²) in [5.74, 6) is 0. The van der Waals surface area contributed by atoms with Gasteiger partial charge in [0.15, 0.2) is 0 Å². The highest BCUT2D eigenvalue weighted by Gasteiger charge is 2.21. The molecule has 0 radical (unpaired) electrons. The minimum atomic E-state index is -0.483. The van der Waals surface area contributed by atoms with E-state index in [1.807, 2.05) is 0 Å². The monoisotopic (exact) mass is 238 g/mol. The van der Waals surface area contributed by atoms with Crippen LogP contribution < -0.4 is 5.30 Å². The first kappa shape index (κ1) is 13.7. The second-order valence-corrected chi connectivity index (χ2v) is 7.39. The van der Waals surface area contributed by atoms with Crippen molar-refractivity contribution < 1.29 is 4.52 Å². The fourth-order valence-corrected chi connectivity index (χ4v) is 3.72. The van der Waals surface area contributed by atoms with Crippen molar-refractivity contribution in [3.63, 3.8) is 0 Å². The van der Waals surface area contributed by atoms with Crippen LogP contribution in [0.2, 0.25) is 0 Å². The van der Waals surface area contributed by atoms with Crippen LogP contribution in [-0.2, 0) is 4.52 Å². The molecule has 1 aromatic rings. The van der Waals surface area contributed by atoms with E-state index in [1.165, 1.54) is 5.30 Å². The molecular formula is C14H23OP. The van der Waals surface area contributed by atoms with Crippen molar-refractivity contribution in [2.75, 3.05) is 6.16 Å². The predicted molar refractivity (Wildman–Crippen MR) is 73.5 cm³/mol. The average Bonchev–Trinajstić information content (AvgIpc) is 2.15. The molecule has 0 saturated heterocycles. The third kappa shape index (κ3) is 5.09. The van der Waals surface area contributed by atoms with Gasteiger partial charge >= 0.3 is 0 Å². The normalized spacial score (nSPS) is 14.1. The van der Waals surface area contributed by atoms with E-state index in [2.05, 4.69) is 65.0 Å². The topological polar surface area (TPSA) is 9.23 Å². The highest BCUT2D eigenvalue weighted by atomic mass is 31.1. The Morgan fingerprint density at radius 3 is 2.12 bits per heavy atom.